The van der Waals surface area contributed by atoms with E-state index in [9.17, 15) is 4.79 Å². The zero-order valence-corrected chi connectivity index (χ0v) is 11.4. The Morgan fingerprint density at radius 2 is 1.95 bits per heavy atom. The normalized spacial score (nSPS) is 13.2. The maximum atomic E-state index is 11.4. The highest BCUT2D eigenvalue weighted by Gasteiger charge is 2.15. The standard InChI is InChI=1S/C14H20N2O3/c1-10-7-12-13(19-6-5-18-12)8-11(10)3-4-16(2)14(17)9-15/h7-8H,3-6,9,15H2,1-2H3. The summed E-state index contributed by atoms with van der Waals surface area (Å²) >= 11 is 0. The van der Waals surface area contributed by atoms with Gasteiger partial charge in [0.2, 0.25) is 5.91 Å². The van der Waals surface area contributed by atoms with E-state index in [4.69, 9.17) is 15.2 Å². The lowest BCUT2D eigenvalue weighted by Gasteiger charge is -2.21. The number of aryl methyl sites for hydroxylation is 1. The van der Waals surface area contributed by atoms with Crippen molar-refractivity contribution in [1.82, 2.24) is 4.90 Å². The summed E-state index contributed by atoms with van der Waals surface area (Å²) in [5.74, 6) is 1.55. The number of fused-ring (bicyclic) bond motifs is 1. The highest BCUT2D eigenvalue weighted by atomic mass is 16.6. The molecule has 5 heteroatoms. The molecule has 0 aromatic heterocycles. The molecule has 1 aliphatic rings. The van der Waals surface area contributed by atoms with Gasteiger partial charge >= 0.3 is 0 Å². The van der Waals surface area contributed by atoms with Crippen molar-refractivity contribution in [3.8, 4) is 11.5 Å². The van der Waals surface area contributed by atoms with Crippen LogP contribution in [0.1, 0.15) is 11.1 Å². The fourth-order valence-electron chi connectivity index (χ4n) is 2.07. The first kappa shape index (κ1) is 13.7. The van der Waals surface area contributed by atoms with Crippen LogP contribution in [-0.2, 0) is 11.2 Å². The first-order valence-electron chi connectivity index (χ1n) is 6.45. The highest BCUT2D eigenvalue weighted by Crippen LogP contribution is 2.33. The fourth-order valence-corrected chi connectivity index (χ4v) is 2.07. The number of benzene rings is 1. The Balaban J connectivity index is 2.06. The number of amides is 1. The van der Waals surface area contributed by atoms with Crippen molar-refractivity contribution in [2.75, 3.05) is 33.4 Å². The minimum Gasteiger partial charge on any atom is -0.486 e. The van der Waals surface area contributed by atoms with E-state index in [0.717, 1.165) is 23.5 Å². The quantitative estimate of drug-likeness (QED) is 0.870. The van der Waals surface area contributed by atoms with Gasteiger partial charge in [-0.1, -0.05) is 0 Å². The number of carbonyl (C=O) groups excluding carboxylic acids is 1. The third-order valence-corrected chi connectivity index (χ3v) is 3.32. The minimum absolute atomic E-state index is 0.0461. The Hall–Kier alpha value is -1.75. The molecular formula is C14H20N2O3. The second-order valence-corrected chi connectivity index (χ2v) is 4.69. The number of carbonyl (C=O) groups is 1. The average molecular weight is 264 g/mol. The lowest BCUT2D eigenvalue weighted by atomic mass is 10.0. The van der Waals surface area contributed by atoms with E-state index in [0.29, 0.717) is 19.8 Å². The monoisotopic (exact) mass is 264 g/mol. The molecular weight excluding hydrogens is 244 g/mol. The number of nitrogens with zero attached hydrogens (tertiary/aromatic N) is 1. The van der Waals surface area contributed by atoms with Crippen LogP contribution in [0, 0.1) is 6.92 Å². The average Bonchev–Trinajstić information content (AvgIpc) is 2.43. The number of nitrogens with two attached hydrogens (primary N) is 1. The second-order valence-electron chi connectivity index (χ2n) is 4.69. The smallest absolute Gasteiger partial charge is 0.236 e. The summed E-state index contributed by atoms with van der Waals surface area (Å²) in [5.41, 5.74) is 7.65. The van der Waals surface area contributed by atoms with Gasteiger partial charge in [0.1, 0.15) is 13.2 Å². The van der Waals surface area contributed by atoms with Crippen molar-refractivity contribution in [1.29, 1.82) is 0 Å². The van der Waals surface area contributed by atoms with Gasteiger partial charge in [-0.25, -0.2) is 0 Å². The van der Waals surface area contributed by atoms with Crippen LogP contribution < -0.4 is 15.2 Å². The van der Waals surface area contributed by atoms with E-state index < -0.39 is 0 Å². The molecule has 0 radical (unpaired) electrons. The van der Waals surface area contributed by atoms with Crippen molar-refractivity contribution >= 4 is 5.91 Å². The third-order valence-electron chi connectivity index (χ3n) is 3.32. The first-order chi connectivity index (χ1) is 9.11. The molecule has 0 atom stereocenters. The van der Waals surface area contributed by atoms with Crippen molar-refractivity contribution in [2.24, 2.45) is 5.73 Å². The zero-order valence-electron chi connectivity index (χ0n) is 11.4. The lowest BCUT2D eigenvalue weighted by Crippen LogP contribution is -2.34. The Morgan fingerprint density at radius 1 is 1.32 bits per heavy atom. The van der Waals surface area contributed by atoms with Crippen LogP contribution in [0.3, 0.4) is 0 Å². The summed E-state index contributed by atoms with van der Waals surface area (Å²) in [6.45, 7) is 3.92. The highest BCUT2D eigenvalue weighted by molar-refractivity contribution is 5.77. The molecule has 5 nitrogen and oxygen atoms in total. The van der Waals surface area contributed by atoms with Gasteiger partial charge in [0, 0.05) is 13.6 Å². The zero-order chi connectivity index (χ0) is 13.8. The SMILES string of the molecule is Cc1cc2c(cc1CCN(C)C(=O)CN)OCCO2. The van der Waals surface area contributed by atoms with Gasteiger partial charge in [-0.05, 0) is 36.6 Å². The third kappa shape index (κ3) is 3.17. The molecule has 0 unspecified atom stereocenters. The summed E-state index contributed by atoms with van der Waals surface area (Å²) in [7, 11) is 1.77. The fraction of sp³-hybridized carbons (Fsp3) is 0.500. The maximum absolute atomic E-state index is 11.4. The molecule has 0 saturated heterocycles. The van der Waals surface area contributed by atoms with Gasteiger partial charge in [0.05, 0.1) is 6.54 Å². The number of hydrogen-bond acceptors (Lipinski definition) is 4. The van der Waals surface area contributed by atoms with E-state index in [1.54, 1.807) is 11.9 Å². The molecule has 0 aliphatic carbocycles. The number of rotatable bonds is 4. The summed E-state index contributed by atoms with van der Waals surface area (Å²) in [5, 5.41) is 0. The number of ether oxygens (including phenoxy) is 2. The first-order valence-corrected chi connectivity index (χ1v) is 6.45. The summed E-state index contributed by atoms with van der Waals surface area (Å²) in [6, 6.07) is 4.00. The van der Waals surface area contributed by atoms with E-state index in [1.165, 1.54) is 5.56 Å². The van der Waals surface area contributed by atoms with Gasteiger partial charge in [-0.3, -0.25) is 4.79 Å². The molecule has 19 heavy (non-hydrogen) atoms. The molecule has 0 saturated carbocycles. The van der Waals surface area contributed by atoms with Crippen molar-refractivity contribution in [3.05, 3.63) is 23.3 Å². The molecule has 1 aromatic carbocycles. The van der Waals surface area contributed by atoms with Gasteiger partial charge < -0.3 is 20.1 Å². The predicted molar refractivity (Wildman–Crippen MR) is 72.6 cm³/mol. The lowest BCUT2D eigenvalue weighted by molar-refractivity contribution is -0.128. The molecule has 1 heterocycles. The molecule has 2 rings (SSSR count). The minimum atomic E-state index is -0.0461. The van der Waals surface area contributed by atoms with Crippen LogP contribution in [0.15, 0.2) is 12.1 Å². The van der Waals surface area contributed by atoms with Crippen LogP contribution in [0.4, 0.5) is 0 Å². The summed E-state index contributed by atoms with van der Waals surface area (Å²) < 4.78 is 11.1. The van der Waals surface area contributed by atoms with Crippen molar-refractivity contribution < 1.29 is 14.3 Å². The molecule has 2 N–H and O–H groups in total. The number of likely N-dealkylation sites (N-methyl/N-ethyl adjacent to an activating group) is 1. The van der Waals surface area contributed by atoms with Crippen molar-refractivity contribution in [3.63, 3.8) is 0 Å². The maximum Gasteiger partial charge on any atom is 0.236 e. The van der Waals surface area contributed by atoms with Crippen LogP contribution in [-0.4, -0.2) is 44.2 Å². The van der Waals surface area contributed by atoms with Gasteiger partial charge in [-0.2, -0.15) is 0 Å². The van der Waals surface area contributed by atoms with Crippen LogP contribution in [0.25, 0.3) is 0 Å². The second kappa shape index (κ2) is 5.93. The number of hydrogen-bond donors (Lipinski definition) is 1. The van der Waals surface area contributed by atoms with Gasteiger partial charge in [0.25, 0.3) is 0 Å². The van der Waals surface area contributed by atoms with Crippen LogP contribution in [0.2, 0.25) is 0 Å². The molecule has 0 bridgehead atoms. The van der Waals surface area contributed by atoms with Crippen LogP contribution >= 0.6 is 0 Å². The Kier molecular flexibility index (Phi) is 4.27. The summed E-state index contributed by atoms with van der Waals surface area (Å²) in [6.07, 6.45) is 0.782. The largest absolute Gasteiger partial charge is 0.486 e. The molecule has 0 spiro atoms. The molecule has 1 amide bonds. The molecule has 0 fully saturated rings. The Morgan fingerprint density at radius 3 is 2.58 bits per heavy atom. The van der Waals surface area contributed by atoms with Gasteiger partial charge in [0.15, 0.2) is 11.5 Å². The summed E-state index contributed by atoms with van der Waals surface area (Å²) in [4.78, 5) is 13.1. The van der Waals surface area contributed by atoms with E-state index in [2.05, 4.69) is 0 Å². The van der Waals surface area contributed by atoms with Crippen molar-refractivity contribution in [2.45, 2.75) is 13.3 Å². The topological polar surface area (TPSA) is 64.8 Å². The predicted octanol–water partition coefficient (Wildman–Crippen LogP) is 0.726. The van der Waals surface area contributed by atoms with E-state index in [1.807, 2.05) is 19.1 Å². The van der Waals surface area contributed by atoms with E-state index in [-0.39, 0.29) is 12.5 Å². The van der Waals surface area contributed by atoms with Crippen LogP contribution in [0.5, 0.6) is 11.5 Å². The molecule has 1 aromatic rings. The van der Waals surface area contributed by atoms with Gasteiger partial charge in [-0.15, -0.1) is 0 Å². The molecule has 1 aliphatic heterocycles. The Labute approximate surface area is 113 Å². The Bertz CT molecular complexity index is 474. The molecule has 104 valence electrons. The van der Waals surface area contributed by atoms with E-state index >= 15 is 0 Å².